The monoisotopic (exact) mass is 261 g/mol. The van der Waals surface area contributed by atoms with E-state index in [0.29, 0.717) is 18.8 Å². The maximum absolute atomic E-state index is 13.0. The van der Waals surface area contributed by atoms with Crippen LogP contribution in [-0.4, -0.2) is 15.7 Å². The van der Waals surface area contributed by atoms with E-state index in [1.165, 1.54) is 12.1 Å². The summed E-state index contributed by atoms with van der Waals surface area (Å²) in [7, 11) is 0. The van der Waals surface area contributed by atoms with E-state index in [-0.39, 0.29) is 11.7 Å². The van der Waals surface area contributed by atoms with Crippen LogP contribution in [0.2, 0.25) is 0 Å². The number of rotatable bonds is 4. The van der Waals surface area contributed by atoms with Crippen LogP contribution < -0.4 is 5.32 Å². The standard InChI is InChI=1S/C14H16FN3O/c1-3-18-13(7-10(2)17-18)14(19)16-9-11-5-4-6-12(15)8-11/h4-8H,3,9H2,1-2H3,(H,16,19). The van der Waals surface area contributed by atoms with Gasteiger partial charge < -0.3 is 5.32 Å². The first-order valence-corrected chi connectivity index (χ1v) is 6.17. The van der Waals surface area contributed by atoms with Crippen molar-refractivity contribution in [2.24, 2.45) is 0 Å². The van der Waals surface area contributed by atoms with Crippen molar-refractivity contribution in [2.45, 2.75) is 26.9 Å². The number of hydrogen-bond donors (Lipinski definition) is 1. The Morgan fingerprint density at radius 1 is 1.42 bits per heavy atom. The summed E-state index contributed by atoms with van der Waals surface area (Å²) < 4.78 is 14.7. The van der Waals surface area contributed by atoms with Crippen LogP contribution >= 0.6 is 0 Å². The molecule has 4 nitrogen and oxygen atoms in total. The zero-order valence-corrected chi connectivity index (χ0v) is 11.0. The van der Waals surface area contributed by atoms with Gasteiger partial charge in [-0.1, -0.05) is 12.1 Å². The molecule has 100 valence electrons. The molecular formula is C14H16FN3O. The Kier molecular flexibility index (Phi) is 3.94. The second-order valence-electron chi connectivity index (χ2n) is 4.30. The highest BCUT2D eigenvalue weighted by Crippen LogP contribution is 2.06. The van der Waals surface area contributed by atoms with E-state index in [9.17, 15) is 9.18 Å². The summed E-state index contributed by atoms with van der Waals surface area (Å²) in [5, 5.41) is 6.98. The van der Waals surface area contributed by atoms with E-state index >= 15 is 0 Å². The maximum Gasteiger partial charge on any atom is 0.269 e. The van der Waals surface area contributed by atoms with Gasteiger partial charge in [-0.15, -0.1) is 0 Å². The van der Waals surface area contributed by atoms with E-state index in [1.807, 2.05) is 13.8 Å². The first-order valence-electron chi connectivity index (χ1n) is 6.17. The fraction of sp³-hybridized carbons (Fsp3) is 0.286. The Morgan fingerprint density at radius 3 is 2.89 bits per heavy atom. The van der Waals surface area contributed by atoms with Crippen LogP contribution in [0.5, 0.6) is 0 Å². The summed E-state index contributed by atoms with van der Waals surface area (Å²) in [6.45, 7) is 4.70. The highest BCUT2D eigenvalue weighted by molar-refractivity contribution is 5.92. The van der Waals surface area contributed by atoms with E-state index in [1.54, 1.807) is 22.9 Å². The lowest BCUT2D eigenvalue weighted by atomic mass is 10.2. The summed E-state index contributed by atoms with van der Waals surface area (Å²) >= 11 is 0. The third-order valence-corrected chi connectivity index (χ3v) is 2.78. The van der Waals surface area contributed by atoms with Crippen LogP contribution in [0, 0.1) is 12.7 Å². The number of carbonyl (C=O) groups is 1. The largest absolute Gasteiger partial charge is 0.347 e. The molecule has 0 bridgehead atoms. The molecule has 0 aliphatic heterocycles. The molecule has 1 N–H and O–H groups in total. The van der Waals surface area contributed by atoms with Crippen molar-refractivity contribution in [3.63, 3.8) is 0 Å². The van der Waals surface area contributed by atoms with Crippen molar-refractivity contribution >= 4 is 5.91 Å². The zero-order chi connectivity index (χ0) is 13.8. The molecule has 0 aliphatic carbocycles. The fourth-order valence-electron chi connectivity index (χ4n) is 1.89. The number of amides is 1. The number of benzene rings is 1. The normalized spacial score (nSPS) is 10.5. The Balaban J connectivity index is 2.05. The summed E-state index contributed by atoms with van der Waals surface area (Å²) in [4.78, 5) is 12.0. The number of aromatic nitrogens is 2. The molecule has 5 heteroatoms. The highest BCUT2D eigenvalue weighted by atomic mass is 19.1. The van der Waals surface area contributed by atoms with Crippen LogP contribution in [0.25, 0.3) is 0 Å². The molecule has 1 heterocycles. The third kappa shape index (κ3) is 3.19. The van der Waals surface area contributed by atoms with Crippen LogP contribution in [0.1, 0.15) is 28.7 Å². The molecule has 0 fully saturated rings. The summed E-state index contributed by atoms with van der Waals surface area (Å²) in [5.41, 5.74) is 2.06. The number of hydrogen-bond acceptors (Lipinski definition) is 2. The van der Waals surface area contributed by atoms with Crippen molar-refractivity contribution in [3.8, 4) is 0 Å². The van der Waals surface area contributed by atoms with Gasteiger partial charge in [0.05, 0.1) is 5.69 Å². The van der Waals surface area contributed by atoms with Gasteiger partial charge in [-0.25, -0.2) is 4.39 Å². The molecule has 0 saturated heterocycles. The molecule has 2 rings (SSSR count). The minimum atomic E-state index is -0.304. The quantitative estimate of drug-likeness (QED) is 0.917. The van der Waals surface area contributed by atoms with Gasteiger partial charge in [0.1, 0.15) is 11.5 Å². The smallest absolute Gasteiger partial charge is 0.269 e. The van der Waals surface area contributed by atoms with Crippen molar-refractivity contribution < 1.29 is 9.18 Å². The van der Waals surface area contributed by atoms with E-state index in [0.717, 1.165) is 11.3 Å². The molecule has 19 heavy (non-hydrogen) atoms. The number of carbonyl (C=O) groups excluding carboxylic acids is 1. The number of nitrogens with one attached hydrogen (secondary N) is 1. The minimum absolute atomic E-state index is 0.202. The van der Waals surface area contributed by atoms with Crippen molar-refractivity contribution in [3.05, 3.63) is 53.1 Å². The number of aryl methyl sites for hydroxylation is 2. The Morgan fingerprint density at radius 2 is 2.21 bits per heavy atom. The van der Waals surface area contributed by atoms with Gasteiger partial charge in [0.2, 0.25) is 0 Å². The van der Waals surface area contributed by atoms with Gasteiger partial charge in [-0.3, -0.25) is 9.48 Å². The highest BCUT2D eigenvalue weighted by Gasteiger charge is 2.12. The number of halogens is 1. The topological polar surface area (TPSA) is 46.9 Å². The molecule has 0 atom stereocenters. The molecule has 1 aromatic carbocycles. The van der Waals surface area contributed by atoms with E-state index in [4.69, 9.17) is 0 Å². The minimum Gasteiger partial charge on any atom is -0.347 e. The molecule has 2 aromatic rings. The lowest BCUT2D eigenvalue weighted by Crippen LogP contribution is -2.25. The first-order chi connectivity index (χ1) is 9.10. The summed E-state index contributed by atoms with van der Waals surface area (Å²) in [6.07, 6.45) is 0. The van der Waals surface area contributed by atoms with Gasteiger partial charge in [0, 0.05) is 13.1 Å². The Hall–Kier alpha value is -2.17. The molecule has 0 saturated carbocycles. The second-order valence-corrected chi connectivity index (χ2v) is 4.30. The van der Waals surface area contributed by atoms with E-state index < -0.39 is 0 Å². The predicted octanol–water partition coefficient (Wildman–Crippen LogP) is 2.28. The lowest BCUT2D eigenvalue weighted by Gasteiger charge is -2.06. The molecule has 1 amide bonds. The lowest BCUT2D eigenvalue weighted by molar-refractivity contribution is 0.0940. The van der Waals surface area contributed by atoms with Gasteiger partial charge in [-0.2, -0.15) is 5.10 Å². The molecule has 0 aliphatic rings. The average Bonchev–Trinajstić information content (AvgIpc) is 2.77. The van der Waals surface area contributed by atoms with E-state index in [2.05, 4.69) is 10.4 Å². The van der Waals surface area contributed by atoms with Gasteiger partial charge in [0.25, 0.3) is 5.91 Å². The number of nitrogens with zero attached hydrogens (tertiary/aromatic N) is 2. The van der Waals surface area contributed by atoms with Crippen molar-refractivity contribution in [1.82, 2.24) is 15.1 Å². The molecular weight excluding hydrogens is 245 g/mol. The Bertz CT molecular complexity index is 592. The van der Waals surface area contributed by atoms with Gasteiger partial charge >= 0.3 is 0 Å². The molecule has 0 spiro atoms. The van der Waals surface area contributed by atoms with Crippen LogP contribution in [0.15, 0.2) is 30.3 Å². The fourth-order valence-corrected chi connectivity index (χ4v) is 1.89. The first kappa shape index (κ1) is 13.3. The predicted molar refractivity (Wildman–Crippen MR) is 70.2 cm³/mol. The Labute approximate surface area is 111 Å². The third-order valence-electron chi connectivity index (χ3n) is 2.78. The van der Waals surface area contributed by atoms with Crippen LogP contribution in [0.3, 0.4) is 0 Å². The molecule has 0 radical (unpaired) electrons. The SMILES string of the molecule is CCn1nc(C)cc1C(=O)NCc1cccc(F)c1. The van der Waals surface area contributed by atoms with Gasteiger partial charge in [-0.05, 0) is 37.6 Å². The van der Waals surface area contributed by atoms with Gasteiger partial charge in [0.15, 0.2) is 0 Å². The average molecular weight is 261 g/mol. The molecule has 0 unspecified atom stereocenters. The maximum atomic E-state index is 13.0. The van der Waals surface area contributed by atoms with Crippen molar-refractivity contribution in [1.29, 1.82) is 0 Å². The second kappa shape index (κ2) is 5.65. The zero-order valence-electron chi connectivity index (χ0n) is 11.0. The summed E-state index contributed by atoms with van der Waals surface area (Å²) in [5.74, 6) is -0.507. The van der Waals surface area contributed by atoms with Crippen molar-refractivity contribution in [2.75, 3.05) is 0 Å². The molecule has 1 aromatic heterocycles. The van der Waals surface area contributed by atoms with Crippen LogP contribution in [0.4, 0.5) is 4.39 Å². The van der Waals surface area contributed by atoms with Crippen LogP contribution in [-0.2, 0) is 13.1 Å². The summed E-state index contributed by atoms with van der Waals surface area (Å²) in [6, 6.07) is 7.91.